The average molecular weight is 371 g/mol. The van der Waals surface area contributed by atoms with Gasteiger partial charge in [-0.25, -0.2) is 4.79 Å². The van der Waals surface area contributed by atoms with E-state index >= 15 is 0 Å². The minimum absolute atomic E-state index is 0.0275. The number of aryl methyl sites for hydroxylation is 1. The molecule has 1 aliphatic rings. The minimum Gasteiger partial charge on any atom is -0.411 e. The highest BCUT2D eigenvalue weighted by Gasteiger charge is 2.46. The molecular weight excluding hydrogens is 340 g/mol. The van der Waals surface area contributed by atoms with Crippen molar-refractivity contribution in [3.8, 4) is 0 Å². The van der Waals surface area contributed by atoms with Gasteiger partial charge in [0.25, 0.3) is 5.56 Å². The summed E-state index contributed by atoms with van der Waals surface area (Å²) in [4.78, 5) is 26.0. The highest BCUT2D eigenvalue weighted by Crippen LogP contribution is 2.41. The summed E-state index contributed by atoms with van der Waals surface area (Å²) in [5, 5.41) is 10.1. The van der Waals surface area contributed by atoms with Crippen molar-refractivity contribution in [2.45, 2.75) is 83.7 Å². The second-order valence-corrected chi connectivity index (χ2v) is 13.2. The number of ether oxygens (including phenoxy) is 1. The molecule has 1 saturated heterocycles. The zero-order chi connectivity index (χ0) is 19.2. The molecule has 0 saturated carbocycles. The van der Waals surface area contributed by atoms with E-state index in [9.17, 15) is 14.7 Å². The molecule has 7 nitrogen and oxygen atoms in total. The fourth-order valence-electron chi connectivity index (χ4n) is 2.73. The van der Waals surface area contributed by atoms with Crippen molar-refractivity contribution < 1.29 is 14.3 Å². The van der Waals surface area contributed by atoms with E-state index in [0.717, 1.165) is 0 Å². The summed E-state index contributed by atoms with van der Waals surface area (Å²) >= 11 is 0. The van der Waals surface area contributed by atoms with Crippen molar-refractivity contribution in [2.75, 3.05) is 0 Å². The monoisotopic (exact) mass is 370 g/mol. The number of nitrogens with zero attached hydrogens (tertiary/aromatic N) is 1. The normalized spacial score (nSPS) is 26.0. The molecule has 2 heterocycles. The highest BCUT2D eigenvalue weighted by molar-refractivity contribution is 6.74. The van der Waals surface area contributed by atoms with Crippen LogP contribution in [0.4, 0.5) is 0 Å². The second kappa shape index (κ2) is 6.83. The van der Waals surface area contributed by atoms with Crippen LogP contribution in [0.5, 0.6) is 0 Å². The Labute approximate surface area is 149 Å². The molecule has 142 valence electrons. The molecule has 1 aliphatic heterocycles. The summed E-state index contributed by atoms with van der Waals surface area (Å²) in [6, 6.07) is 0. The van der Waals surface area contributed by atoms with Crippen LogP contribution in [-0.2, 0) is 9.16 Å². The fraction of sp³-hybridized carbons (Fsp3) is 0.765. The molecule has 0 amide bonds. The number of rotatable bonds is 4. The molecule has 2 N–H and O–H groups in total. The molecule has 1 fully saturated rings. The van der Waals surface area contributed by atoms with Crippen molar-refractivity contribution in [3.05, 3.63) is 32.6 Å². The molecule has 1 aromatic rings. The first-order chi connectivity index (χ1) is 11.3. The van der Waals surface area contributed by atoms with E-state index in [1.807, 2.05) is 0 Å². The van der Waals surface area contributed by atoms with Crippen molar-refractivity contribution in [1.82, 2.24) is 9.55 Å². The van der Waals surface area contributed by atoms with E-state index in [0.29, 0.717) is 12.0 Å². The predicted molar refractivity (Wildman–Crippen MR) is 98.3 cm³/mol. The lowest BCUT2D eigenvalue weighted by Gasteiger charge is -2.39. The summed E-state index contributed by atoms with van der Waals surface area (Å²) in [7, 11) is -2.06. The minimum atomic E-state index is -2.06. The maximum atomic E-state index is 12.1. The lowest BCUT2D eigenvalue weighted by molar-refractivity contribution is -0.0750. The number of hydrogen-bond acceptors (Lipinski definition) is 5. The van der Waals surface area contributed by atoms with Crippen molar-refractivity contribution in [2.24, 2.45) is 0 Å². The number of H-pyrrole nitrogens is 1. The topological polar surface area (TPSA) is 93.6 Å². The lowest BCUT2D eigenvalue weighted by Crippen LogP contribution is -2.47. The zero-order valence-electron chi connectivity index (χ0n) is 16.1. The largest absolute Gasteiger partial charge is 0.411 e. The van der Waals surface area contributed by atoms with Crippen molar-refractivity contribution in [3.63, 3.8) is 0 Å². The summed E-state index contributed by atoms with van der Waals surface area (Å²) in [6.45, 7) is 14.1. The number of aromatic amines is 1. The number of aliphatic hydroxyl groups excluding tert-OH is 1. The van der Waals surface area contributed by atoms with Crippen molar-refractivity contribution in [1.29, 1.82) is 0 Å². The van der Waals surface area contributed by atoms with Crippen LogP contribution in [0.3, 0.4) is 0 Å². The third-order valence-corrected chi connectivity index (χ3v) is 9.80. The Morgan fingerprint density at radius 3 is 2.52 bits per heavy atom. The molecule has 1 aromatic heterocycles. The molecule has 0 aliphatic carbocycles. The van der Waals surface area contributed by atoms with Gasteiger partial charge in [-0.3, -0.25) is 14.3 Å². The molecule has 8 heteroatoms. The van der Waals surface area contributed by atoms with E-state index < -0.39 is 38.0 Å². The van der Waals surface area contributed by atoms with E-state index in [-0.39, 0.29) is 11.1 Å². The molecular formula is C17H30N2O5Si. The van der Waals surface area contributed by atoms with Crippen LogP contribution in [0.25, 0.3) is 0 Å². The van der Waals surface area contributed by atoms with E-state index in [4.69, 9.17) is 9.16 Å². The van der Waals surface area contributed by atoms with E-state index in [1.54, 1.807) is 13.8 Å². The van der Waals surface area contributed by atoms with Gasteiger partial charge in [-0.15, -0.1) is 0 Å². The first-order valence-corrected chi connectivity index (χ1v) is 11.6. The van der Waals surface area contributed by atoms with Gasteiger partial charge >= 0.3 is 5.69 Å². The van der Waals surface area contributed by atoms with Gasteiger partial charge in [0.2, 0.25) is 0 Å². The summed E-state index contributed by atoms with van der Waals surface area (Å²) < 4.78 is 13.8. The maximum Gasteiger partial charge on any atom is 0.330 e. The lowest BCUT2D eigenvalue weighted by atomic mass is 10.1. The molecule has 25 heavy (non-hydrogen) atoms. The maximum absolute atomic E-state index is 12.1. The second-order valence-electron chi connectivity index (χ2n) is 8.43. The first kappa shape index (κ1) is 20.1. The van der Waals surface area contributed by atoms with E-state index in [2.05, 4.69) is 38.8 Å². The Morgan fingerprint density at radius 2 is 2.00 bits per heavy atom. The molecule has 0 spiro atoms. The van der Waals surface area contributed by atoms with Gasteiger partial charge in [-0.1, -0.05) is 20.8 Å². The van der Waals surface area contributed by atoms with Gasteiger partial charge in [0.05, 0.1) is 12.2 Å². The van der Waals surface area contributed by atoms with Crippen LogP contribution in [-0.4, -0.2) is 41.3 Å². The van der Waals surface area contributed by atoms with Crippen molar-refractivity contribution >= 4 is 8.32 Å². The Morgan fingerprint density at radius 1 is 1.40 bits per heavy atom. The van der Waals surface area contributed by atoms with E-state index in [1.165, 1.54) is 10.8 Å². The highest BCUT2D eigenvalue weighted by atomic mass is 28.4. The van der Waals surface area contributed by atoms with Crippen LogP contribution < -0.4 is 11.2 Å². The SMILES string of the molecule is Cc1cn([C@H]2CC(O[Si](C)(C)C(C)(C)C)[C@@H]([C@@H](C)O)O2)c(=O)[nH]c1=O. The quantitative estimate of drug-likeness (QED) is 0.790. The van der Waals surface area contributed by atoms with Crippen LogP contribution in [0.15, 0.2) is 15.8 Å². The van der Waals surface area contributed by atoms with Gasteiger partial charge in [0.15, 0.2) is 8.32 Å². The van der Waals surface area contributed by atoms with Gasteiger partial charge in [-0.2, -0.15) is 0 Å². The molecule has 0 aromatic carbocycles. The number of aliphatic hydroxyl groups is 1. The molecule has 1 unspecified atom stereocenters. The number of hydrogen-bond donors (Lipinski definition) is 2. The predicted octanol–water partition coefficient (Wildman–Crippen LogP) is 1.90. The number of aromatic nitrogens is 2. The molecule has 4 atom stereocenters. The summed E-state index contributed by atoms with van der Waals surface area (Å²) in [5.74, 6) is 0. The fourth-order valence-corrected chi connectivity index (χ4v) is 4.07. The zero-order valence-corrected chi connectivity index (χ0v) is 17.1. The van der Waals surface area contributed by atoms with Crippen LogP contribution >= 0.6 is 0 Å². The summed E-state index contributed by atoms with van der Waals surface area (Å²) in [5.41, 5.74) is -0.483. The average Bonchev–Trinajstić information content (AvgIpc) is 2.84. The third kappa shape index (κ3) is 4.13. The van der Waals surface area contributed by atoms with Gasteiger partial charge in [0.1, 0.15) is 12.3 Å². The van der Waals surface area contributed by atoms with Crippen LogP contribution in [0.2, 0.25) is 18.1 Å². The summed E-state index contributed by atoms with van der Waals surface area (Å²) in [6.07, 6.45) is -0.160. The Kier molecular flexibility index (Phi) is 5.49. The van der Waals surface area contributed by atoms with Crippen LogP contribution in [0, 0.1) is 6.92 Å². The Hall–Kier alpha value is -1.22. The third-order valence-electron chi connectivity index (χ3n) is 5.30. The first-order valence-electron chi connectivity index (χ1n) is 8.67. The van der Waals surface area contributed by atoms with Crippen LogP contribution in [0.1, 0.15) is 45.9 Å². The Balaban J connectivity index is 2.31. The van der Waals surface area contributed by atoms with Gasteiger partial charge in [0, 0.05) is 18.2 Å². The Bertz CT molecular complexity index is 732. The standard InChI is InChI=1S/C17H30N2O5Si/c1-10-9-19(16(22)18-15(10)21)13-8-12(14(23-13)11(2)20)24-25(6,7)17(3,4)5/h9,11-14,20H,8H2,1-7H3,(H,18,21,22)/t11-,12?,13-,14-/m1/s1. The molecule has 0 radical (unpaired) electrons. The molecule has 0 bridgehead atoms. The molecule has 2 rings (SSSR count). The van der Waals surface area contributed by atoms with Gasteiger partial charge < -0.3 is 14.3 Å². The smallest absolute Gasteiger partial charge is 0.330 e. The van der Waals surface area contributed by atoms with Gasteiger partial charge in [-0.05, 0) is 32.0 Å². The number of nitrogens with one attached hydrogen (secondary N) is 1.